The van der Waals surface area contributed by atoms with Gasteiger partial charge in [0, 0.05) is 22.9 Å². The first-order chi connectivity index (χ1) is 10.9. The first kappa shape index (κ1) is 15.2. The van der Waals surface area contributed by atoms with Crippen molar-refractivity contribution in [2.45, 2.75) is 27.7 Å². The molecule has 0 saturated heterocycles. The van der Waals surface area contributed by atoms with Crippen LogP contribution in [0.25, 0.3) is 22.7 Å². The van der Waals surface area contributed by atoms with Gasteiger partial charge in [0.15, 0.2) is 11.2 Å². The van der Waals surface area contributed by atoms with Gasteiger partial charge in [-0.1, -0.05) is 26.8 Å². The van der Waals surface area contributed by atoms with Crippen LogP contribution in [-0.2, 0) is 4.79 Å². The topological polar surface area (TPSA) is 68.0 Å². The average molecular weight is 309 g/mol. The first-order valence-electron chi connectivity index (χ1n) is 7.49. The van der Waals surface area contributed by atoms with E-state index in [4.69, 9.17) is 4.42 Å². The molecule has 5 nitrogen and oxygen atoms in total. The molecule has 2 heterocycles. The van der Waals surface area contributed by atoms with Crippen molar-refractivity contribution < 1.29 is 9.21 Å². The van der Waals surface area contributed by atoms with Crippen LogP contribution in [0.15, 0.2) is 40.9 Å². The molecule has 0 saturated carbocycles. The number of pyridine rings is 1. The molecule has 0 atom stereocenters. The highest BCUT2D eigenvalue weighted by atomic mass is 16.3. The summed E-state index contributed by atoms with van der Waals surface area (Å²) in [6, 6.07) is 9.32. The molecule has 3 rings (SSSR count). The summed E-state index contributed by atoms with van der Waals surface area (Å²) in [5, 5.41) is 2.97. The minimum atomic E-state index is -0.454. The molecule has 1 N–H and O–H groups in total. The molecule has 2 aromatic heterocycles. The zero-order chi connectivity index (χ0) is 16.6. The highest BCUT2D eigenvalue weighted by Crippen LogP contribution is 2.30. The van der Waals surface area contributed by atoms with Gasteiger partial charge in [0.2, 0.25) is 11.8 Å². The van der Waals surface area contributed by atoms with Crippen molar-refractivity contribution in [3.05, 3.63) is 42.1 Å². The predicted octanol–water partition coefficient (Wildman–Crippen LogP) is 4.18. The van der Waals surface area contributed by atoms with Gasteiger partial charge in [-0.2, -0.15) is 4.98 Å². The van der Waals surface area contributed by atoms with E-state index in [0.29, 0.717) is 17.1 Å². The highest BCUT2D eigenvalue weighted by Gasteiger charge is 2.22. The Kier molecular flexibility index (Phi) is 3.64. The molecule has 0 radical (unpaired) electrons. The maximum atomic E-state index is 12.2. The molecule has 118 valence electrons. The van der Waals surface area contributed by atoms with Gasteiger partial charge in [-0.25, -0.2) is 4.98 Å². The minimum Gasteiger partial charge on any atom is -0.434 e. The second-order valence-corrected chi connectivity index (χ2v) is 6.53. The van der Waals surface area contributed by atoms with Crippen LogP contribution in [0.5, 0.6) is 0 Å². The Morgan fingerprint density at radius 1 is 1.17 bits per heavy atom. The van der Waals surface area contributed by atoms with Crippen LogP contribution in [0.1, 0.15) is 26.3 Å². The second-order valence-electron chi connectivity index (χ2n) is 6.53. The fourth-order valence-corrected chi connectivity index (χ4v) is 2.20. The van der Waals surface area contributed by atoms with Crippen LogP contribution < -0.4 is 5.32 Å². The van der Waals surface area contributed by atoms with Crippen LogP contribution in [-0.4, -0.2) is 15.9 Å². The van der Waals surface area contributed by atoms with Crippen LogP contribution >= 0.6 is 0 Å². The summed E-state index contributed by atoms with van der Waals surface area (Å²) in [6.07, 6.45) is 1.68. The third kappa shape index (κ3) is 2.95. The molecule has 0 spiro atoms. The largest absolute Gasteiger partial charge is 0.434 e. The predicted molar refractivity (Wildman–Crippen MR) is 90.1 cm³/mol. The van der Waals surface area contributed by atoms with Crippen molar-refractivity contribution in [1.29, 1.82) is 0 Å². The van der Waals surface area contributed by atoms with Crippen molar-refractivity contribution in [2.24, 2.45) is 5.41 Å². The number of carbonyl (C=O) groups is 1. The summed E-state index contributed by atoms with van der Waals surface area (Å²) in [5.74, 6) is 0.472. The molecule has 1 amide bonds. The number of carbonyl (C=O) groups excluding carboxylic acids is 1. The molecule has 0 aliphatic heterocycles. The van der Waals surface area contributed by atoms with Crippen LogP contribution in [0.2, 0.25) is 0 Å². The number of amides is 1. The van der Waals surface area contributed by atoms with Gasteiger partial charge < -0.3 is 9.73 Å². The lowest BCUT2D eigenvalue weighted by Gasteiger charge is -2.19. The molecule has 5 heteroatoms. The Labute approximate surface area is 134 Å². The number of anilines is 1. The summed E-state index contributed by atoms with van der Waals surface area (Å²) in [6.45, 7) is 7.59. The fraction of sp³-hybridized carbons (Fsp3) is 0.278. The quantitative estimate of drug-likeness (QED) is 0.771. The molecule has 1 aromatic carbocycles. The van der Waals surface area contributed by atoms with E-state index in [0.717, 1.165) is 16.8 Å². The van der Waals surface area contributed by atoms with E-state index >= 15 is 0 Å². The standard InChI is InChI=1S/C18H19N3O2/c1-11-12(16-21-15-14(23-16)9-6-10-19-15)7-5-8-13(11)20-17(22)18(2,3)4/h5-10H,1-4H3,(H,20,22). The molecule has 3 aromatic rings. The second kappa shape index (κ2) is 5.50. The van der Waals surface area contributed by atoms with E-state index in [1.165, 1.54) is 0 Å². The van der Waals surface area contributed by atoms with Gasteiger partial charge in [-0.05, 0) is 36.8 Å². The Bertz CT molecular complexity index is 842. The van der Waals surface area contributed by atoms with Gasteiger partial charge >= 0.3 is 0 Å². The monoisotopic (exact) mass is 309 g/mol. The summed E-state index contributed by atoms with van der Waals surface area (Å²) in [5.41, 5.74) is 3.28. The average Bonchev–Trinajstić information content (AvgIpc) is 2.92. The minimum absolute atomic E-state index is 0.0306. The number of hydrogen-bond acceptors (Lipinski definition) is 4. The summed E-state index contributed by atoms with van der Waals surface area (Å²) >= 11 is 0. The molecule has 0 aliphatic carbocycles. The number of hydrogen-bond donors (Lipinski definition) is 1. The number of oxazole rings is 1. The SMILES string of the molecule is Cc1c(NC(=O)C(C)(C)C)cccc1-c1nc2ncccc2o1. The summed E-state index contributed by atoms with van der Waals surface area (Å²) in [7, 11) is 0. The molecular weight excluding hydrogens is 290 g/mol. The Balaban J connectivity index is 2.01. The van der Waals surface area contributed by atoms with E-state index in [-0.39, 0.29) is 5.91 Å². The van der Waals surface area contributed by atoms with E-state index in [1.54, 1.807) is 6.20 Å². The summed E-state index contributed by atoms with van der Waals surface area (Å²) < 4.78 is 5.78. The van der Waals surface area contributed by atoms with Gasteiger partial charge in [-0.3, -0.25) is 4.79 Å². The molecule has 23 heavy (non-hydrogen) atoms. The van der Waals surface area contributed by atoms with Crippen molar-refractivity contribution in [3.8, 4) is 11.5 Å². The Hall–Kier alpha value is -2.69. The molecule has 0 unspecified atom stereocenters. The van der Waals surface area contributed by atoms with Crippen molar-refractivity contribution in [1.82, 2.24) is 9.97 Å². The first-order valence-corrected chi connectivity index (χ1v) is 7.49. The van der Waals surface area contributed by atoms with Crippen molar-refractivity contribution in [3.63, 3.8) is 0 Å². The zero-order valence-corrected chi connectivity index (χ0v) is 13.7. The number of aromatic nitrogens is 2. The maximum absolute atomic E-state index is 12.2. The number of rotatable bonds is 2. The van der Waals surface area contributed by atoms with Gasteiger partial charge in [0.25, 0.3) is 0 Å². The van der Waals surface area contributed by atoms with E-state index in [2.05, 4.69) is 15.3 Å². The van der Waals surface area contributed by atoms with E-state index in [1.807, 2.05) is 58.0 Å². The third-order valence-electron chi connectivity index (χ3n) is 3.66. The van der Waals surface area contributed by atoms with Crippen molar-refractivity contribution >= 4 is 22.8 Å². The van der Waals surface area contributed by atoms with Crippen LogP contribution in [0.4, 0.5) is 5.69 Å². The van der Waals surface area contributed by atoms with Crippen LogP contribution in [0.3, 0.4) is 0 Å². The zero-order valence-electron chi connectivity index (χ0n) is 13.7. The summed E-state index contributed by atoms with van der Waals surface area (Å²) in [4.78, 5) is 20.8. The third-order valence-corrected chi connectivity index (χ3v) is 3.66. The highest BCUT2D eigenvalue weighted by molar-refractivity contribution is 5.96. The Morgan fingerprint density at radius 3 is 2.65 bits per heavy atom. The lowest BCUT2D eigenvalue weighted by Crippen LogP contribution is -2.27. The van der Waals surface area contributed by atoms with E-state index < -0.39 is 5.41 Å². The number of fused-ring (bicyclic) bond motifs is 1. The lowest BCUT2D eigenvalue weighted by molar-refractivity contribution is -0.123. The van der Waals surface area contributed by atoms with Crippen LogP contribution in [0, 0.1) is 12.3 Å². The molecule has 0 fully saturated rings. The molecule has 0 aliphatic rings. The number of benzene rings is 1. The normalized spacial score (nSPS) is 11.7. The lowest BCUT2D eigenvalue weighted by atomic mass is 9.95. The van der Waals surface area contributed by atoms with Crippen molar-refractivity contribution in [2.75, 3.05) is 5.32 Å². The molecule has 0 bridgehead atoms. The number of nitrogens with zero attached hydrogens (tertiary/aromatic N) is 2. The maximum Gasteiger partial charge on any atom is 0.229 e. The van der Waals surface area contributed by atoms with Gasteiger partial charge in [0.05, 0.1) is 0 Å². The molecular formula is C18H19N3O2. The number of nitrogens with one attached hydrogen (secondary N) is 1. The Morgan fingerprint density at radius 2 is 1.96 bits per heavy atom. The van der Waals surface area contributed by atoms with Gasteiger partial charge in [-0.15, -0.1) is 0 Å². The van der Waals surface area contributed by atoms with Gasteiger partial charge in [0.1, 0.15) is 0 Å². The fourth-order valence-electron chi connectivity index (χ4n) is 2.20. The smallest absolute Gasteiger partial charge is 0.229 e. The van der Waals surface area contributed by atoms with E-state index in [9.17, 15) is 4.79 Å².